The molecular weight excluding hydrogens is 415 g/mol. The van der Waals surface area contributed by atoms with E-state index in [1.807, 2.05) is 0 Å². The molecule has 0 aromatic heterocycles. The molecule has 1 heterocycles. The number of benzene rings is 3. The SMILES string of the molecule is CN(C)c1ccc(C2=CC=C(c3ccc(N(C)C)cc3)[As]2c2ccccc2)cc1. The summed E-state index contributed by atoms with van der Waals surface area (Å²) < 4.78 is 4.48. The first kappa shape index (κ1) is 19.6. The fourth-order valence-electron chi connectivity index (χ4n) is 3.60. The molecule has 3 aromatic rings. The second-order valence-electron chi connectivity index (χ2n) is 7.66. The normalized spacial score (nSPS) is 13.8. The number of anilines is 2. The maximum atomic E-state index is 2.35. The molecule has 0 bridgehead atoms. The van der Waals surface area contributed by atoms with Crippen LogP contribution in [0.15, 0.2) is 91.0 Å². The van der Waals surface area contributed by atoms with Crippen LogP contribution in [0.4, 0.5) is 11.4 Å². The average molecular weight is 442 g/mol. The van der Waals surface area contributed by atoms with E-state index in [1.54, 1.807) is 0 Å². The number of hydrogen-bond donors (Lipinski definition) is 0. The summed E-state index contributed by atoms with van der Waals surface area (Å²) in [5, 5.41) is 0. The Labute approximate surface area is 179 Å². The fourth-order valence-corrected chi connectivity index (χ4v) is 8.95. The fraction of sp³-hybridized carbons (Fsp3) is 0.154. The number of rotatable bonds is 5. The number of nitrogens with zero attached hydrogens (tertiary/aromatic N) is 2. The van der Waals surface area contributed by atoms with Crippen molar-refractivity contribution in [2.24, 2.45) is 0 Å². The van der Waals surface area contributed by atoms with Crippen molar-refractivity contribution in [3.05, 3.63) is 102 Å². The van der Waals surface area contributed by atoms with Crippen molar-refractivity contribution in [1.82, 2.24) is 0 Å². The monoisotopic (exact) mass is 442 g/mol. The van der Waals surface area contributed by atoms with Crippen LogP contribution in [0, 0.1) is 0 Å². The van der Waals surface area contributed by atoms with Gasteiger partial charge < -0.3 is 0 Å². The summed E-state index contributed by atoms with van der Waals surface area (Å²) in [4.78, 5) is 4.30. The third-order valence-electron chi connectivity index (χ3n) is 5.25. The third kappa shape index (κ3) is 4.04. The van der Waals surface area contributed by atoms with Gasteiger partial charge >= 0.3 is 179 Å². The van der Waals surface area contributed by atoms with Gasteiger partial charge in [0.15, 0.2) is 0 Å². The molecule has 1 aliphatic rings. The molecule has 0 fully saturated rings. The predicted molar refractivity (Wildman–Crippen MR) is 129 cm³/mol. The molecule has 0 spiro atoms. The summed E-state index contributed by atoms with van der Waals surface area (Å²) in [7, 11) is 8.34. The van der Waals surface area contributed by atoms with Gasteiger partial charge in [-0.25, -0.2) is 0 Å². The molecule has 0 amide bonds. The van der Waals surface area contributed by atoms with E-state index in [4.69, 9.17) is 0 Å². The van der Waals surface area contributed by atoms with Crippen molar-refractivity contribution >= 4 is 39.1 Å². The predicted octanol–water partition coefficient (Wildman–Crippen LogP) is 4.78. The van der Waals surface area contributed by atoms with Crippen LogP contribution in [0.25, 0.3) is 8.72 Å². The van der Waals surface area contributed by atoms with E-state index in [-0.39, 0.29) is 0 Å². The van der Waals surface area contributed by atoms with E-state index in [0.29, 0.717) is 0 Å². The second kappa shape index (κ2) is 8.35. The van der Waals surface area contributed by atoms with Crippen LogP contribution in [0.5, 0.6) is 0 Å². The molecule has 4 rings (SSSR count). The summed E-state index contributed by atoms with van der Waals surface area (Å²) in [5.74, 6) is 0. The molecule has 2 nitrogen and oxygen atoms in total. The standard InChI is InChI=1S/C26H27AsN2/c1-28(2)23-14-10-20(11-15-23)25-18-19-26(27(25)22-8-6-5-7-9-22)21-12-16-24(17-13-21)29(3)4/h5-19H,1-4H3. The molecule has 0 radical (unpaired) electrons. The summed E-state index contributed by atoms with van der Waals surface area (Å²) in [5.41, 5.74) is 5.16. The van der Waals surface area contributed by atoms with Crippen LogP contribution in [-0.4, -0.2) is 42.8 Å². The van der Waals surface area contributed by atoms with Gasteiger partial charge in [0, 0.05) is 0 Å². The Hall–Kier alpha value is -2.70. The van der Waals surface area contributed by atoms with E-state index < -0.39 is 14.7 Å². The first-order valence-electron chi connectivity index (χ1n) is 9.87. The quantitative estimate of drug-likeness (QED) is 0.525. The molecule has 0 unspecified atom stereocenters. The number of hydrogen-bond acceptors (Lipinski definition) is 2. The van der Waals surface area contributed by atoms with E-state index in [1.165, 1.54) is 35.6 Å². The Balaban J connectivity index is 1.72. The molecule has 0 saturated heterocycles. The maximum absolute atomic E-state index is 2.35. The molecular formula is C26H27AsN2. The average Bonchev–Trinajstić information content (AvgIpc) is 3.19. The molecule has 0 saturated carbocycles. The van der Waals surface area contributed by atoms with Crippen molar-refractivity contribution in [1.29, 1.82) is 0 Å². The first-order chi connectivity index (χ1) is 14.0. The van der Waals surface area contributed by atoms with Crippen LogP contribution in [-0.2, 0) is 0 Å². The van der Waals surface area contributed by atoms with Crippen LogP contribution in [0.2, 0.25) is 0 Å². The Morgan fingerprint density at radius 3 is 1.31 bits per heavy atom. The first-order valence-corrected chi connectivity index (χ1v) is 12.7. The Morgan fingerprint density at radius 1 is 0.517 bits per heavy atom. The summed E-state index contributed by atoms with van der Waals surface area (Å²) in [6.45, 7) is 0. The van der Waals surface area contributed by atoms with Crippen LogP contribution in [0.3, 0.4) is 0 Å². The zero-order chi connectivity index (χ0) is 20.4. The van der Waals surface area contributed by atoms with Crippen LogP contribution < -0.4 is 14.2 Å². The van der Waals surface area contributed by atoms with Gasteiger partial charge in [0.1, 0.15) is 0 Å². The minimum absolute atomic E-state index is 1.23. The molecule has 0 N–H and O–H groups in total. The Bertz CT molecular complexity index is 963. The van der Waals surface area contributed by atoms with Crippen molar-refractivity contribution in [3.63, 3.8) is 0 Å². The molecule has 146 valence electrons. The number of allylic oxidation sites excluding steroid dienone is 2. The van der Waals surface area contributed by atoms with Gasteiger partial charge in [-0.05, 0) is 0 Å². The van der Waals surface area contributed by atoms with Gasteiger partial charge in [-0.1, -0.05) is 0 Å². The van der Waals surface area contributed by atoms with E-state index in [2.05, 4.69) is 129 Å². The van der Waals surface area contributed by atoms with Crippen LogP contribution in [0.1, 0.15) is 11.1 Å². The molecule has 3 heteroatoms. The summed E-state index contributed by atoms with van der Waals surface area (Å²) in [6, 6.07) is 29.0. The second-order valence-corrected chi connectivity index (χ2v) is 12.2. The van der Waals surface area contributed by atoms with Gasteiger partial charge in [0.25, 0.3) is 0 Å². The van der Waals surface area contributed by atoms with E-state index >= 15 is 0 Å². The van der Waals surface area contributed by atoms with Crippen molar-refractivity contribution in [2.45, 2.75) is 0 Å². The minimum atomic E-state index is -1.60. The Kier molecular flexibility index (Phi) is 5.64. The Morgan fingerprint density at radius 2 is 0.931 bits per heavy atom. The van der Waals surface area contributed by atoms with Crippen LogP contribution >= 0.6 is 0 Å². The third-order valence-corrected chi connectivity index (χ3v) is 10.7. The molecule has 0 atom stereocenters. The van der Waals surface area contributed by atoms with Crippen molar-refractivity contribution in [3.8, 4) is 0 Å². The molecule has 29 heavy (non-hydrogen) atoms. The zero-order valence-electron chi connectivity index (χ0n) is 17.5. The van der Waals surface area contributed by atoms with E-state index in [0.717, 1.165) is 0 Å². The summed E-state index contributed by atoms with van der Waals surface area (Å²) >= 11 is -1.60. The van der Waals surface area contributed by atoms with Gasteiger partial charge in [0.05, 0.1) is 0 Å². The van der Waals surface area contributed by atoms with Gasteiger partial charge in [0.2, 0.25) is 0 Å². The molecule has 0 aliphatic carbocycles. The topological polar surface area (TPSA) is 6.48 Å². The summed E-state index contributed by atoms with van der Waals surface area (Å²) in [6.07, 6.45) is 4.71. The molecule has 3 aromatic carbocycles. The van der Waals surface area contributed by atoms with Gasteiger partial charge in [-0.3, -0.25) is 0 Å². The van der Waals surface area contributed by atoms with Crippen molar-refractivity contribution < 1.29 is 0 Å². The van der Waals surface area contributed by atoms with Gasteiger partial charge in [-0.15, -0.1) is 0 Å². The zero-order valence-corrected chi connectivity index (χ0v) is 19.4. The van der Waals surface area contributed by atoms with Crippen molar-refractivity contribution in [2.75, 3.05) is 38.0 Å². The van der Waals surface area contributed by atoms with E-state index in [9.17, 15) is 0 Å². The molecule has 1 aliphatic heterocycles. The van der Waals surface area contributed by atoms with Gasteiger partial charge in [-0.2, -0.15) is 0 Å².